The number of nitrogens with zero attached hydrogens (tertiary/aromatic N) is 3. The van der Waals surface area contributed by atoms with E-state index in [1.807, 2.05) is 48.9 Å². The van der Waals surface area contributed by atoms with Gasteiger partial charge in [-0.25, -0.2) is 4.68 Å². The zero-order valence-corrected chi connectivity index (χ0v) is 14.0. The van der Waals surface area contributed by atoms with Crippen LogP contribution in [0, 0.1) is 0 Å². The molecule has 0 saturated heterocycles. The Morgan fingerprint density at radius 2 is 2.04 bits per heavy atom. The summed E-state index contributed by atoms with van der Waals surface area (Å²) in [6, 6.07) is 13.3. The largest absolute Gasteiger partial charge is 0.496 e. The summed E-state index contributed by atoms with van der Waals surface area (Å²) in [6.45, 7) is 4.49. The van der Waals surface area contributed by atoms with Crippen LogP contribution in [-0.4, -0.2) is 28.0 Å². The van der Waals surface area contributed by atoms with Gasteiger partial charge in [0.25, 0.3) is 5.91 Å². The molecule has 3 aromatic rings. The van der Waals surface area contributed by atoms with Crippen LogP contribution in [-0.2, 0) is 6.54 Å². The normalized spacial score (nSPS) is 11.0. The highest BCUT2D eigenvalue weighted by Crippen LogP contribution is 2.19. The van der Waals surface area contributed by atoms with Gasteiger partial charge in [-0.2, -0.15) is 0 Å². The molecule has 3 rings (SSSR count). The quantitative estimate of drug-likeness (QED) is 0.783. The molecule has 6 heteroatoms. The number of methoxy groups -OCH3 is 1. The van der Waals surface area contributed by atoms with Crippen molar-refractivity contribution in [2.24, 2.45) is 0 Å². The third kappa shape index (κ3) is 3.08. The third-order valence-corrected chi connectivity index (χ3v) is 3.85. The van der Waals surface area contributed by atoms with E-state index < -0.39 is 0 Å². The fourth-order valence-corrected chi connectivity index (χ4v) is 2.59. The maximum Gasteiger partial charge on any atom is 0.251 e. The summed E-state index contributed by atoms with van der Waals surface area (Å²) in [6.07, 6.45) is 0. The number of fused-ring (bicyclic) bond motifs is 1. The molecule has 0 radical (unpaired) electrons. The molecule has 1 heterocycles. The number of benzene rings is 2. The van der Waals surface area contributed by atoms with Crippen LogP contribution in [0.25, 0.3) is 11.0 Å². The lowest BCUT2D eigenvalue weighted by molar-refractivity contribution is 0.0951. The standard InChI is InChI=1S/C18H20N4O2/c1-12(2)22-16-9-8-13(10-15(16)20-21-22)18(23)19-11-14-6-4-5-7-17(14)24-3/h4-10,12H,11H2,1-3H3,(H,19,23). The van der Waals surface area contributed by atoms with Crippen molar-refractivity contribution in [1.29, 1.82) is 0 Å². The topological polar surface area (TPSA) is 69.0 Å². The summed E-state index contributed by atoms with van der Waals surface area (Å²) in [7, 11) is 1.62. The first-order valence-electron chi connectivity index (χ1n) is 7.85. The van der Waals surface area contributed by atoms with E-state index in [0.29, 0.717) is 17.6 Å². The molecule has 0 aliphatic carbocycles. The number of ether oxygens (including phenoxy) is 1. The van der Waals surface area contributed by atoms with Crippen LogP contribution < -0.4 is 10.1 Å². The molecule has 124 valence electrons. The Morgan fingerprint density at radius 1 is 1.25 bits per heavy atom. The summed E-state index contributed by atoms with van der Waals surface area (Å²) in [5, 5.41) is 11.2. The van der Waals surface area contributed by atoms with Crippen molar-refractivity contribution in [1.82, 2.24) is 20.3 Å². The molecule has 1 N–H and O–H groups in total. The van der Waals surface area contributed by atoms with Gasteiger partial charge in [-0.15, -0.1) is 5.10 Å². The highest BCUT2D eigenvalue weighted by Gasteiger charge is 2.12. The third-order valence-electron chi connectivity index (χ3n) is 3.85. The molecular formula is C18H20N4O2. The van der Waals surface area contributed by atoms with Gasteiger partial charge in [-0.05, 0) is 38.1 Å². The van der Waals surface area contributed by atoms with Gasteiger partial charge in [-0.3, -0.25) is 4.79 Å². The number of amides is 1. The predicted molar refractivity (Wildman–Crippen MR) is 92.1 cm³/mol. The fourth-order valence-electron chi connectivity index (χ4n) is 2.59. The predicted octanol–water partition coefficient (Wildman–Crippen LogP) is 2.95. The number of carbonyl (C=O) groups excluding carboxylic acids is 1. The molecule has 2 aromatic carbocycles. The van der Waals surface area contributed by atoms with Gasteiger partial charge in [-0.1, -0.05) is 23.4 Å². The van der Waals surface area contributed by atoms with E-state index in [1.54, 1.807) is 19.2 Å². The second kappa shape index (κ2) is 6.70. The van der Waals surface area contributed by atoms with E-state index in [9.17, 15) is 4.79 Å². The van der Waals surface area contributed by atoms with E-state index in [0.717, 1.165) is 16.8 Å². The molecule has 0 aliphatic rings. The van der Waals surface area contributed by atoms with E-state index in [-0.39, 0.29) is 11.9 Å². The molecule has 0 atom stereocenters. The smallest absolute Gasteiger partial charge is 0.251 e. The van der Waals surface area contributed by atoms with Crippen LogP contribution >= 0.6 is 0 Å². The average Bonchev–Trinajstić information content (AvgIpc) is 3.03. The summed E-state index contributed by atoms with van der Waals surface area (Å²) in [5.74, 6) is 0.607. The summed E-state index contributed by atoms with van der Waals surface area (Å²) >= 11 is 0. The van der Waals surface area contributed by atoms with Gasteiger partial charge in [0, 0.05) is 23.7 Å². The maximum absolute atomic E-state index is 12.4. The van der Waals surface area contributed by atoms with Crippen molar-refractivity contribution in [2.75, 3.05) is 7.11 Å². The second-order valence-corrected chi connectivity index (χ2v) is 5.83. The molecule has 0 unspecified atom stereocenters. The first-order valence-corrected chi connectivity index (χ1v) is 7.85. The summed E-state index contributed by atoms with van der Waals surface area (Å²) < 4.78 is 7.13. The van der Waals surface area contributed by atoms with Crippen molar-refractivity contribution in [3.8, 4) is 5.75 Å². The van der Waals surface area contributed by atoms with E-state index in [1.165, 1.54) is 0 Å². The highest BCUT2D eigenvalue weighted by atomic mass is 16.5. The fraction of sp³-hybridized carbons (Fsp3) is 0.278. The van der Waals surface area contributed by atoms with Crippen LogP contribution in [0.2, 0.25) is 0 Å². The van der Waals surface area contributed by atoms with Crippen molar-refractivity contribution in [3.63, 3.8) is 0 Å². The van der Waals surface area contributed by atoms with Crippen LogP contribution in [0.15, 0.2) is 42.5 Å². The Labute approximate surface area is 140 Å². The minimum absolute atomic E-state index is 0.151. The Balaban J connectivity index is 1.76. The molecule has 0 saturated carbocycles. The average molecular weight is 324 g/mol. The van der Waals surface area contributed by atoms with Crippen LogP contribution in [0.3, 0.4) is 0 Å². The molecule has 6 nitrogen and oxygen atoms in total. The minimum Gasteiger partial charge on any atom is -0.496 e. The van der Waals surface area contributed by atoms with Gasteiger partial charge in [0.2, 0.25) is 0 Å². The number of nitrogens with one attached hydrogen (secondary N) is 1. The Morgan fingerprint density at radius 3 is 2.79 bits per heavy atom. The first-order chi connectivity index (χ1) is 11.6. The Hall–Kier alpha value is -2.89. The number of carbonyl (C=O) groups is 1. The maximum atomic E-state index is 12.4. The number of para-hydroxylation sites is 1. The Kier molecular flexibility index (Phi) is 4.46. The minimum atomic E-state index is -0.151. The highest BCUT2D eigenvalue weighted by molar-refractivity contribution is 5.97. The van der Waals surface area contributed by atoms with Crippen molar-refractivity contribution in [3.05, 3.63) is 53.6 Å². The van der Waals surface area contributed by atoms with Gasteiger partial charge < -0.3 is 10.1 Å². The van der Waals surface area contributed by atoms with Crippen molar-refractivity contribution in [2.45, 2.75) is 26.4 Å². The molecule has 0 spiro atoms. The summed E-state index contributed by atoms with van der Waals surface area (Å²) in [4.78, 5) is 12.4. The lowest BCUT2D eigenvalue weighted by Gasteiger charge is -2.10. The van der Waals surface area contributed by atoms with Crippen LogP contribution in [0.4, 0.5) is 0 Å². The lowest BCUT2D eigenvalue weighted by Crippen LogP contribution is -2.23. The Bertz CT molecular complexity index is 870. The van der Waals surface area contributed by atoms with Crippen LogP contribution in [0.1, 0.15) is 35.8 Å². The molecular weight excluding hydrogens is 304 g/mol. The zero-order chi connectivity index (χ0) is 17.1. The van der Waals surface area contributed by atoms with E-state index in [2.05, 4.69) is 15.6 Å². The second-order valence-electron chi connectivity index (χ2n) is 5.83. The molecule has 0 aliphatic heterocycles. The van der Waals surface area contributed by atoms with Gasteiger partial charge >= 0.3 is 0 Å². The molecule has 0 bridgehead atoms. The number of hydrogen-bond donors (Lipinski definition) is 1. The van der Waals surface area contributed by atoms with Crippen molar-refractivity contribution >= 4 is 16.9 Å². The first kappa shape index (κ1) is 16.0. The monoisotopic (exact) mass is 324 g/mol. The summed E-state index contributed by atoms with van der Waals surface area (Å²) in [5.41, 5.74) is 3.13. The zero-order valence-electron chi connectivity index (χ0n) is 14.0. The van der Waals surface area contributed by atoms with E-state index >= 15 is 0 Å². The number of rotatable bonds is 5. The SMILES string of the molecule is COc1ccccc1CNC(=O)c1ccc2c(c1)nnn2C(C)C. The molecule has 0 fully saturated rings. The van der Waals surface area contributed by atoms with Crippen molar-refractivity contribution < 1.29 is 9.53 Å². The lowest BCUT2D eigenvalue weighted by atomic mass is 10.1. The molecule has 24 heavy (non-hydrogen) atoms. The number of hydrogen-bond acceptors (Lipinski definition) is 4. The molecule has 1 aromatic heterocycles. The number of aromatic nitrogens is 3. The van der Waals surface area contributed by atoms with Gasteiger partial charge in [0.05, 0.1) is 12.6 Å². The van der Waals surface area contributed by atoms with E-state index in [4.69, 9.17) is 4.74 Å². The van der Waals surface area contributed by atoms with Crippen LogP contribution in [0.5, 0.6) is 5.75 Å². The molecule has 1 amide bonds. The van der Waals surface area contributed by atoms with Gasteiger partial charge in [0.15, 0.2) is 0 Å². The van der Waals surface area contributed by atoms with Gasteiger partial charge in [0.1, 0.15) is 11.3 Å².